The van der Waals surface area contributed by atoms with Gasteiger partial charge in [-0.25, -0.2) is 0 Å². The summed E-state index contributed by atoms with van der Waals surface area (Å²) in [6, 6.07) is 16.3. The summed E-state index contributed by atoms with van der Waals surface area (Å²) >= 11 is 2.85. The fraction of sp³-hybridized carbons (Fsp3) is 0.318. The number of thioether (sulfide) groups is 1. The smallest absolute Gasteiger partial charge is 0.233 e. The summed E-state index contributed by atoms with van der Waals surface area (Å²) < 4.78 is 6.11. The fourth-order valence-electron chi connectivity index (χ4n) is 3.71. The van der Waals surface area contributed by atoms with Crippen LogP contribution in [0.15, 0.2) is 52.9 Å². The number of hydrogen-bond donors (Lipinski definition) is 1. The molecule has 1 aromatic heterocycles. The minimum absolute atomic E-state index is 0.108. The number of hydrogen-bond acceptors (Lipinski definition) is 7. The van der Waals surface area contributed by atoms with Crippen molar-refractivity contribution in [3.63, 3.8) is 0 Å². The Bertz CT molecular complexity index is 1020. The van der Waals surface area contributed by atoms with E-state index in [4.69, 9.17) is 4.74 Å². The normalized spacial score (nSPS) is 15.3. The Labute approximate surface area is 184 Å². The molecule has 0 bridgehead atoms. The Balaban J connectivity index is 1.36. The van der Waals surface area contributed by atoms with Gasteiger partial charge >= 0.3 is 0 Å². The Morgan fingerprint density at radius 3 is 2.90 bits per heavy atom. The summed E-state index contributed by atoms with van der Waals surface area (Å²) in [6.07, 6.45) is 3.22. The molecule has 3 aromatic rings. The third-order valence-electron chi connectivity index (χ3n) is 5.27. The topological polar surface area (TPSA) is 67.3 Å². The van der Waals surface area contributed by atoms with E-state index in [1.54, 1.807) is 7.11 Å². The molecule has 1 aliphatic rings. The van der Waals surface area contributed by atoms with Crippen LogP contribution in [0.2, 0.25) is 0 Å². The number of carbonyl (C=O) groups excluding carboxylic acids is 1. The number of anilines is 2. The van der Waals surface area contributed by atoms with Crippen molar-refractivity contribution in [3.8, 4) is 5.75 Å². The van der Waals surface area contributed by atoms with Gasteiger partial charge in [0.1, 0.15) is 5.75 Å². The molecule has 0 aliphatic heterocycles. The lowest BCUT2D eigenvalue weighted by molar-refractivity contribution is -0.129. The van der Waals surface area contributed by atoms with E-state index in [2.05, 4.69) is 39.8 Å². The summed E-state index contributed by atoms with van der Waals surface area (Å²) in [5, 5.41) is 12.3. The third kappa shape index (κ3) is 4.60. The molecule has 0 spiro atoms. The van der Waals surface area contributed by atoms with Gasteiger partial charge in [-0.3, -0.25) is 4.79 Å². The van der Waals surface area contributed by atoms with Crippen molar-refractivity contribution in [2.75, 3.05) is 25.2 Å². The van der Waals surface area contributed by atoms with E-state index < -0.39 is 0 Å². The lowest BCUT2D eigenvalue weighted by Crippen LogP contribution is -2.34. The van der Waals surface area contributed by atoms with Crippen molar-refractivity contribution in [2.24, 2.45) is 0 Å². The molecule has 8 heteroatoms. The van der Waals surface area contributed by atoms with Crippen LogP contribution >= 0.6 is 23.1 Å². The van der Waals surface area contributed by atoms with Gasteiger partial charge in [0, 0.05) is 7.05 Å². The molecule has 1 aliphatic carbocycles. The van der Waals surface area contributed by atoms with Crippen molar-refractivity contribution in [2.45, 2.75) is 29.6 Å². The second kappa shape index (κ2) is 9.49. The van der Waals surface area contributed by atoms with Crippen molar-refractivity contribution in [1.82, 2.24) is 15.1 Å². The molecule has 1 heterocycles. The van der Waals surface area contributed by atoms with Crippen LogP contribution in [-0.4, -0.2) is 40.9 Å². The second-order valence-electron chi connectivity index (χ2n) is 7.10. The van der Waals surface area contributed by atoms with E-state index in [1.807, 2.05) is 36.2 Å². The van der Waals surface area contributed by atoms with Crippen molar-refractivity contribution >= 4 is 39.8 Å². The van der Waals surface area contributed by atoms with Gasteiger partial charge in [0.15, 0.2) is 4.34 Å². The maximum Gasteiger partial charge on any atom is 0.233 e. The van der Waals surface area contributed by atoms with Crippen LogP contribution in [0, 0.1) is 0 Å². The first-order valence-corrected chi connectivity index (χ1v) is 11.7. The number of amides is 1. The molecule has 6 nitrogen and oxygen atoms in total. The van der Waals surface area contributed by atoms with Gasteiger partial charge in [-0.2, -0.15) is 0 Å². The van der Waals surface area contributed by atoms with E-state index in [0.717, 1.165) is 35.0 Å². The van der Waals surface area contributed by atoms with E-state index >= 15 is 0 Å². The molecule has 1 atom stereocenters. The minimum Gasteiger partial charge on any atom is -0.495 e. The number of ether oxygens (including phenoxy) is 1. The number of aryl methyl sites for hydroxylation is 1. The molecule has 0 radical (unpaired) electrons. The summed E-state index contributed by atoms with van der Waals surface area (Å²) in [5.74, 6) is 1.20. The zero-order valence-corrected chi connectivity index (χ0v) is 18.6. The van der Waals surface area contributed by atoms with E-state index in [-0.39, 0.29) is 11.9 Å². The van der Waals surface area contributed by atoms with Gasteiger partial charge in [0.25, 0.3) is 0 Å². The molecule has 1 N–H and O–H groups in total. The summed E-state index contributed by atoms with van der Waals surface area (Å²) in [6.45, 7) is 0. The van der Waals surface area contributed by atoms with E-state index in [1.165, 1.54) is 34.2 Å². The van der Waals surface area contributed by atoms with E-state index in [0.29, 0.717) is 10.9 Å². The summed E-state index contributed by atoms with van der Waals surface area (Å²) in [4.78, 5) is 14.7. The molecule has 0 saturated carbocycles. The van der Waals surface area contributed by atoms with Gasteiger partial charge in [-0.1, -0.05) is 59.5 Å². The molecule has 30 heavy (non-hydrogen) atoms. The highest BCUT2D eigenvalue weighted by molar-refractivity contribution is 8.01. The van der Waals surface area contributed by atoms with Gasteiger partial charge in [0.05, 0.1) is 24.6 Å². The highest BCUT2D eigenvalue weighted by atomic mass is 32.2. The van der Waals surface area contributed by atoms with Crippen molar-refractivity contribution < 1.29 is 9.53 Å². The van der Waals surface area contributed by atoms with Gasteiger partial charge in [-0.05, 0) is 42.5 Å². The molecular weight excluding hydrogens is 416 g/mol. The number of nitrogens with one attached hydrogen (secondary N) is 1. The Morgan fingerprint density at radius 1 is 1.23 bits per heavy atom. The first-order valence-electron chi connectivity index (χ1n) is 9.85. The number of fused-ring (bicyclic) bond motifs is 1. The number of carbonyl (C=O) groups is 1. The molecule has 0 unspecified atom stereocenters. The van der Waals surface area contributed by atoms with Crippen LogP contribution in [0.4, 0.5) is 10.8 Å². The number of para-hydroxylation sites is 2. The second-order valence-corrected chi connectivity index (χ2v) is 9.30. The van der Waals surface area contributed by atoms with Crippen LogP contribution < -0.4 is 10.1 Å². The van der Waals surface area contributed by atoms with Crippen LogP contribution in [0.25, 0.3) is 0 Å². The van der Waals surface area contributed by atoms with Gasteiger partial charge < -0.3 is 15.0 Å². The predicted octanol–water partition coefficient (Wildman–Crippen LogP) is 4.92. The zero-order chi connectivity index (χ0) is 20.9. The lowest BCUT2D eigenvalue weighted by Gasteiger charge is -2.33. The number of nitrogens with zero attached hydrogens (tertiary/aromatic N) is 3. The number of rotatable bonds is 7. The first kappa shape index (κ1) is 20.7. The van der Waals surface area contributed by atoms with Crippen LogP contribution in [0.1, 0.15) is 30.0 Å². The van der Waals surface area contributed by atoms with Crippen LogP contribution in [0.5, 0.6) is 5.75 Å². The quantitative estimate of drug-likeness (QED) is 0.526. The Kier molecular flexibility index (Phi) is 6.54. The average molecular weight is 441 g/mol. The standard InChI is InChI=1S/C22H24N4O2S2/c1-26(18-12-7-9-15-8-3-4-10-16(15)18)20(27)14-29-22-25-24-21(30-22)23-17-11-5-6-13-19(17)28-2/h3-6,8,10-11,13,18H,7,9,12,14H2,1-2H3,(H,23,24)/t18-/m0/s1. The largest absolute Gasteiger partial charge is 0.495 e. The lowest BCUT2D eigenvalue weighted by atomic mass is 9.87. The maximum absolute atomic E-state index is 12.8. The average Bonchev–Trinajstić information content (AvgIpc) is 3.24. The number of benzene rings is 2. The fourth-order valence-corrected chi connectivity index (χ4v) is 5.40. The van der Waals surface area contributed by atoms with Gasteiger partial charge in [0.2, 0.25) is 11.0 Å². The van der Waals surface area contributed by atoms with Crippen LogP contribution in [-0.2, 0) is 11.2 Å². The zero-order valence-electron chi connectivity index (χ0n) is 17.0. The maximum atomic E-state index is 12.8. The molecule has 0 fully saturated rings. The Hall–Kier alpha value is -2.58. The molecule has 156 valence electrons. The highest BCUT2D eigenvalue weighted by Gasteiger charge is 2.26. The molecule has 2 aromatic carbocycles. The van der Waals surface area contributed by atoms with E-state index in [9.17, 15) is 4.79 Å². The monoisotopic (exact) mass is 440 g/mol. The van der Waals surface area contributed by atoms with Crippen molar-refractivity contribution in [3.05, 3.63) is 59.7 Å². The van der Waals surface area contributed by atoms with Crippen LogP contribution in [0.3, 0.4) is 0 Å². The Morgan fingerprint density at radius 2 is 2.03 bits per heavy atom. The molecule has 4 rings (SSSR count). The first-order chi connectivity index (χ1) is 14.7. The third-order valence-corrected chi connectivity index (χ3v) is 7.23. The summed E-state index contributed by atoms with van der Waals surface area (Å²) in [7, 11) is 3.54. The minimum atomic E-state index is 0.108. The SMILES string of the molecule is COc1ccccc1Nc1nnc(SCC(=O)N(C)[C@H]2CCCc3ccccc32)s1. The number of aromatic nitrogens is 2. The predicted molar refractivity (Wildman–Crippen MR) is 122 cm³/mol. The highest BCUT2D eigenvalue weighted by Crippen LogP contribution is 2.35. The molecule has 0 saturated heterocycles. The van der Waals surface area contributed by atoms with Gasteiger partial charge in [-0.15, -0.1) is 10.2 Å². The van der Waals surface area contributed by atoms with Crippen molar-refractivity contribution in [1.29, 1.82) is 0 Å². The summed E-state index contributed by atoms with van der Waals surface area (Å²) in [5.41, 5.74) is 3.47. The number of methoxy groups -OCH3 is 1. The molecular formula is C22H24N4O2S2. The molecule has 1 amide bonds.